The van der Waals surface area contributed by atoms with Gasteiger partial charge in [-0.2, -0.15) is 0 Å². The van der Waals surface area contributed by atoms with Crippen molar-refractivity contribution < 1.29 is 0 Å². The number of nitrogens with two attached hydrogens (primary N) is 1. The summed E-state index contributed by atoms with van der Waals surface area (Å²) >= 11 is 6.21. The molecular weight excluding hydrogens is 244 g/mol. The maximum absolute atomic E-state index is 6.21. The molecule has 2 nitrogen and oxygen atoms in total. The highest BCUT2D eigenvalue weighted by Crippen LogP contribution is 2.37. The van der Waals surface area contributed by atoms with Gasteiger partial charge in [0.2, 0.25) is 0 Å². The van der Waals surface area contributed by atoms with Crippen molar-refractivity contribution in [1.29, 1.82) is 0 Å². The molecule has 3 heteroatoms. The molecule has 2 N–H and O–H groups in total. The zero-order valence-corrected chi connectivity index (χ0v) is 12.1. The standard InChI is InChI=1S/C15H23ClN2/c1-3-4-5-8-18-10-13-11(2)14(16)7-6-12(13)15(18)9-17/h6-7,15H,3-5,8-10,17H2,1-2H3. The molecule has 18 heavy (non-hydrogen) atoms. The van der Waals surface area contributed by atoms with Crippen LogP contribution < -0.4 is 5.73 Å². The summed E-state index contributed by atoms with van der Waals surface area (Å²) in [6.07, 6.45) is 3.82. The highest BCUT2D eigenvalue weighted by atomic mass is 35.5. The average Bonchev–Trinajstić information content (AvgIpc) is 2.73. The SMILES string of the molecule is CCCCCN1Cc2c(ccc(Cl)c2C)C1CN. The molecule has 0 saturated heterocycles. The molecule has 0 spiro atoms. The van der Waals surface area contributed by atoms with E-state index in [2.05, 4.69) is 24.8 Å². The van der Waals surface area contributed by atoms with E-state index in [1.165, 1.54) is 36.0 Å². The van der Waals surface area contributed by atoms with Gasteiger partial charge < -0.3 is 5.73 Å². The lowest BCUT2D eigenvalue weighted by molar-refractivity contribution is 0.215. The Bertz CT molecular complexity index is 417. The van der Waals surface area contributed by atoms with E-state index < -0.39 is 0 Å². The van der Waals surface area contributed by atoms with E-state index in [9.17, 15) is 0 Å². The molecule has 1 unspecified atom stereocenters. The number of nitrogens with zero attached hydrogens (tertiary/aromatic N) is 1. The van der Waals surface area contributed by atoms with Crippen LogP contribution in [-0.2, 0) is 6.54 Å². The second kappa shape index (κ2) is 6.05. The first kappa shape index (κ1) is 13.9. The molecule has 1 aromatic carbocycles. The Kier molecular flexibility index (Phi) is 4.66. The van der Waals surface area contributed by atoms with Crippen molar-refractivity contribution in [3.63, 3.8) is 0 Å². The van der Waals surface area contributed by atoms with Crippen LogP contribution in [0.3, 0.4) is 0 Å². The van der Waals surface area contributed by atoms with Crippen LogP contribution in [0.15, 0.2) is 12.1 Å². The molecule has 2 rings (SSSR count). The number of fused-ring (bicyclic) bond motifs is 1. The van der Waals surface area contributed by atoms with E-state index in [-0.39, 0.29) is 0 Å². The molecule has 0 aliphatic carbocycles. The number of hydrogen-bond donors (Lipinski definition) is 1. The van der Waals surface area contributed by atoms with Gasteiger partial charge >= 0.3 is 0 Å². The van der Waals surface area contributed by atoms with Gasteiger partial charge in [0.15, 0.2) is 0 Å². The lowest BCUT2D eigenvalue weighted by Crippen LogP contribution is -2.28. The fourth-order valence-corrected chi connectivity index (χ4v) is 3.03. The Hall–Kier alpha value is -0.570. The van der Waals surface area contributed by atoms with Gasteiger partial charge in [0.1, 0.15) is 0 Å². The van der Waals surface area contributed by atoms with E-state index in [1.54, 1.807) is 0 Å². The van der Waals surface area contributed by atoms with Crippen molar-refractivity contribution in [2.75, 3.05) is 13.1 Å². The first-order valence-corrected chi connectivity index (χ1v) is 7.28. The minimum atomic E-state index is 0.382. The van der Waals surface area contributed by atoms with E-state index in [1.807, 2.05) is 6.07 Å². The maximum Gasteiger partial charge on any atom is 0.0477 e. The Morgan fingerprint density at radius 2 is 2.17 bits per heavy atom. The Labute approximate surface area is 115 Å². The topological polar surface area (TPSA) is 29.3 Å². The number of benzene rings is 1. The molecule has 100 valence electrons. The third-order valence-corrected chi connectivity index (χ3v) is 4.41. The Morgan fingerprint density at radius 3 is 2.83 bits per heavy atom. The van der Waals surface area contributed by atoms with Gasteiger partial charge in [0.05, 0.1) is 0 Å². The van der Waals surface area contributed by atoms with Gasteiger partial charge in [0, 0.05) is 24.2 Å². The molecule has 0 radical (unpaired) electrons. The zero-order chi connectivity index (χ0) is 13.1. The van der Waals surface area contributed by atoms with E-state index in [0.29, 0.717) is 12.6 Å². The minimum Gasteiger partial charge on any atom is -0.329 e. The molecule has 1 atom stereocenters. The van der Waals surface area contributed by atoms with Crippen molar-refractivity contribution in [3.8, 4) is 0 Å². The number of unbranched alkanes of at least 4 members (excludes halogenated alkanes) is 2. The van der Waals surface area contributed by atoms with E-state index >= 15 is 0 Å². The molecule has 1 aliphatic heterocycles. The van der Waals surface area contributed by atoms with Crippen LogP contribution in [-0.4, -0.2) is 18.0 Å². The predicted molar refractivity (Wildman–Crippen MR) is 77.9 cm³/mol. The molecule has 0 fully saturated rings. The van der Waals surface area contributed by atoms with Crippen LogP contribution in [0, 0.1) is 6.92 Å². The fourth-order valence-electron chi connectivity index (χ4n) is 2.86. The summed E-state index contributed by atoms with van der Waals surface area (Å²) in [7, 11) is 0. The maximum atomic E-state index is 6.21. The summed E-state index contributed by atoms with van der Waals surface area (Å²) in [5, 5.41) is 0.875. The quantitative estimate of drug-likeness (QED) is 0.825. The number of rotatable bonds is 5. The summed E-state index contributed by atoms with van der Waals surface area (Å²) in [4.78, 5) is 2.50. The first-order valence-electron chi connectivity index (χ1n) is 6.91. The van der Waals surface area contributed by atoms with Crippen molar-refractivity contribution in [1.82, 2.24) is 4.90 Å². The summed E-state index contributed by atoms with van der Waals surface area (Å²) < 4.78 is 0. The fraction of sp³-hybridized carbons (Fsp3) is 0.600. The van der Waals surface area contributed by atoms with Crippen LogP contribution in [0.5, 0.6) is 0 Å². The van der Waals surface area contributed by atoms with Gasteiger partial charge in [-0.1, -0.05) is 37.4 Å². The van der Waals surface area contributed by atoms with Gasteiger partial charge in [-0.05, 0) is 42.6 Å². The highest BCUT2D eigenvalue weighted by molar-refractivity contribution is 6.31. The lowest BCUT2D eigenvalue weighted by Gasteiger charge is -2.23. The Morgan fingerprint density at radius 1 is 1.39 bits per heavy atom. The smallest absolute Gasteiger partial charge is 0.0477 e. The van der Waals surface area contributed by atoms with E-state index in [0.717, 1.165) is 18.1 Å². The first-order chi connectivity index (χ1) is 8.69. The largest absolute Gasteiger partial charge is 0.329 e. The third-order valence-electron chi connectivity index (χ3n) is 4.00. The van der Waals surface area contributed by atoms with Gasteiger partial charge in [-0.15, -0.1) is 0 Å². The molecule has 0 aromatic heterocycles. The van der Waals surface area contributed by atoms with Crippen LogP contribution in [0.1, 0.15) is 48.9 Å². The van der Waals surface area contributed by atoms with Gasteiger partial charge in [-0.25, -0.2) is 0 Å². The van der Waals surface area contributed by atoms with Gasteiger partial charge in [0.25, 0.3) is 0 Å². The second-order valence-electron chi connectivity index (χ2n) is 5.17. The minimum absolute atomic E-state index is 0.382. The summed E-state index contributed by atoms with van der Waals surface area (Å²) in [5.74, 6) is 0. The molecule has 1 aliphatic rings. The van der Waals surface area contributed by atoms with Crippen LogP contribution in [0.25, 0.3) is 0 Å². The number of hydrogen-bond acceptors (Lipinski definition) is 2. The zero-order valence-electron chi connectivity index (χ0n) is 11.4. The van der Waals surface area contributed by atoms with Crippen LogP contribution in [0.2, 0.25) is 5.02 Å². The normalized spacial score (nSPS) is 19.2. The van der Waals surface area contributed by atoms with Gasteiger partial charge in [-0.3, -0.25) is 4.90 Å². The average molecular weight is 267 g/mol. The highest BCUT2D eigenvalue weighted by Gasteiger charge is 2.30. The molecule has 0 amide bonds. The molecule has 1 aromatic rings. The molecule has 1 heterocycles. The lowest BCUT2D eigenvalue weighted by atomic mass is 10.0. The second-order valence-corrected chi connectivity index (χ2v) is 5.58. The predicted octanol–water partition coefficient (Wildman–Crippen LogP) is 3.65. The molecule has 0 saturated carbocycles. The summed E-state index contributed by atoms with van der Waals surface area (Å²) in [6, 6.07) is 4.54. The Balaban J connectivity index is 2.17. The van der Waals surface area contributed by atoms with Crippen molar-refractivity contribution >= 4 is 11.6 Å². The molecular formula is C15H23ClN2. The van der Waals surface area contributed by atoms with Crippen molar-refractivity contribution in [2.24, 2.45) is 5.73 Å². The summed E-state index contributed by atoms with van der Waals surface area (Å²) in [5.41, 5.74) is 9.97. The number of halogens is 1. The molecule has 0 bridgehead atoms. The monoisotopic (exact) mass is 266 g/mol. The van der Waals surface area contributed by atoms with Crippen molar-refractivity contribution in [2.45, 2.75) is 45.7 Å². The van der Waals surface area contributed by atoms with Crippen molar-refractivity contribution in [3.05, 3.63) is 33.8 Å². The van der Waals surface area contributed by atoms with Crippen LogP contribution in [0.4, 0.5) is 0 Å². The van der Waals surface area contributed by atoms with E-state index in [4.69, 9.17) is 17.3 Å². The summed E-state index contributed by atoms with van der Waals surface area (Å²) in [6.45, 7) is 7.20. The van der Waals surface area contributed by atoms with Crippen LogP contribution >= 0.6 is 11.6 Å². The third kappa shape index (κ3) is 2.56.